The van der Waals surface area contributed by atoms with Gasteiger partial charge >= 0.3 is 22.6 Å². The van der Waals surface area contributed by atoms with Gasteiger partial charge in [0.15, 0.2) is 0 Å². The fourth-order valence-electron chi connectivity index (χ4n) is 2.48. The highest BCUT2D eigenvalue weighted by Crippen LogP contribution is 3.02. The van der Waals surface area contributed by atoms with Crippen LogP contribution in [-0.2, 0) is 12.4 Å². The number of nitrogens with zero attached hydrogens (tertiary/aromatic N) is 3. The predicted octanol–water partition coefficient (Wildman–Crippen LogP) is 7.63. The van der Waals surface area contributed by atoms with E-state index in [2.05, 4.69) is 10.3 Å². The molecule has 0 spiro atoms. The summed E-state index contributed by atoms with van der Waals surface area (Å²) in [7, 11) is -9.92. The normalized spacial score (nSPS) is 15.5. The first-order valence-electron chi connectivity index (χ1n) is 7.81. The maximum atomic E-state index is 13.0. The van der Waals surface area contributed by atoms with E-state index in [4.69, 9.17) is 0 Å². The van der Waals surface area contributed by atoms with Gasteiger partial charge in [-0.15, -0.1) is 5.10 Å². The molecule has 0 unspecified atom stereocenters. The fourth-order valence-corrected chi connectivity index (χ4v) is 3.13. The van der Waals surface area contributed by atoms with Gasteiger partial charge in [0.05, 0.1) is 23.0 Å². The summed E-state index contributed by atoms with van der Waals surface area (Å²) in [5.41, 5.74) is -4.53. The van der Waals surface area contributed by atoms with Gasteiger partial charge in [0, 0.05) is 5.56 Å². The lowest BCUT2D eigenvalue weighted by molar-refractivity contribution is -0.143. The van der Waals surface area contributed by atoms with Crippen LogP contribution >= 0.6 is 10.2 Å². The van der Waals surface area contributed by atoms with Crippen molar-refractivity contribution in [1.82, 2.24) is 15.0 Å². The van der Waals surface area contributed by atoms with Crippen LogP contribution in [0.3, 0.4) is 0 Å². The third kappa shape index (κ3) is 5.08. The second kappa shape index (κ2) is 6.11. The van der Waals surface area contributed by atoms with E-state index >= 15 is 0 Å². The van der Waals surface area contributed by atoms with Gasteiger partial charge in [-0.1, -0.05) is 24.6 Å². The van der Waals surface area contributed by atoms with Gasteiger partial charge in [-0.25, -0.2) is 4.68 Å². The van der Waals surface area contributed by atoms with Gasteiger partial charge in [-0.05, 0) is 42.5 Å². The van der Waals surface area contributed by atoms with Gasteiger partial charge in [0.2, 0.25) is 0 Å². The predicted molar refractivity (Wildman–Crippen MR) is 88.2 cm³/mol. The Morgan fingerprint density at radius 3 is 1.61 bits per heavy atom. The molecule has 170 valence electrons. The Hall–Kier alpha value is -2.84. The molecule has 3 nitrogen and oxygen atoms in total. The van der Waals surface area contributed by atoms with Crippen LogP contribution in [0.4, 0.5) is 45.8 Å². The molecule has 2 aromatic carbocycles. The Kier molecular flexibility index (Phi) is 4.50. The summed E-state index contributed by atoms with van der Waals surface area (Å²) in [4.78, 5) is -2.18. The van der Waals surface area contributed by atoms with Crippen molar-refractivity contribution >= 4 is 10.2 Å². The number of aromatic nitrogens is 3. The maximum absolute atomic E-state index is 13.0. The molecule has 0 amide bonds. The van der Waals surface area contributed by atoms with Gasteiger partial charge in [0.1, 0.15) is 10.6 Å². The summed E-state index contributed by atoms with van der Waals surface area (Å²) >= 11 is 0. The van der Waals surface area contributed by atoms with Gasteiger partial charge in [-0.3, -0.25) is 0 Å². The second-order valence-corrected chi connectivity index (χ2v) is 8.72. The van der Waals surface area contributed by atoms with Crippen LogP contribution < -0.4 is 0 Å². The van der Waals surface area contributed by atoms with E-state index < -0.39 is 49.9 Å². The number of alkyl halides is 6. The molecule has 1 heterocycles. The quantitative estimate of drug-likeness (QED) is 0.359. The van der Waals surface area contributed by atoms with Crippen molar-refractivity contribution in [3.05, 3.63) is 59.8 Å². The first-order chi connectivity index (χ1) is 13.7. The lowest BCUT2D eigenvalue weighted by Gasteiger charge is -2.40. The SMILES string of the molecule is FC(F)(F)c1cc(-c2cn(-c3ccc(S(F)(F)(F)(F)F)cc3)nn2)cc(C(F)(F)F)c1. The number of benzene rings is 2. The Labute approximate surface area is 165 Å². The molecule has 1 aromatic heterocycles. The molecule has 0 fully saturated rings. The first-order valence-corrected chi connectivity index (χ1v) is 9.76. The molecule has 31 heavy (non-hydrogen) atoms. The second-order valence-electron chi connectivity index (χ2n) is 6.31. The molecule has 0 saturated carbocycles. The van der Waals surface area contributed by atoms with Crippen molar-refractivity contribution in [3.63, 3.8) is 0 Å². The summed E-state index contributed by atoms with van der Waals surface area (Å²) in [6.07, 6.45) is -9.37. The average molecular weight is 483 g/mol. The number of rotatable bonds is 3. The Morgan fingerprint density at radius 2 is 1.19 bits per heavy atom. The van der Waals surface area contributed by atoms with E-state index in [0.29, 0.717) is 28.9 Å². The van der Waals surface area contributed by atoms with Crippen LogP contribution in [0.25, 0.3) is 16.9 Å². The topological polar surface area (TPSA) is 30.7 Å². The summed E-state index contributed by atoms with van der Waals surface area (Å²) in [6, 6.07) is 2.03. The lowest BCUT2D eigenvalue weighted by Crippen LogP contribution is -2.11. The fraction of sp³-hybridized carbons (Fsp3) is 0.125. The summed E-state index contributed by atoms with van der Waals surface area (Å²) in [6.45, 7) is 0. The molecule has 3 aromatic rings. The summed E-state index contributed by atoms with van der Waals surface area (Å²) < 4.78 is 142. The van der Waals surface area contributed by atoms with Gasteiger partial charge < -0.3 is 0 Å². The Morgan fingerprint density at radius 1 is 0.710 bits per heavy atom. The zero-order valence-corrected chi connectivity index (χ0v) is 15.3. The molecule has 3 rings (SSSR count). The molecule has 0 saturated heterocycles. The number of hydrogen-bond acceptors (Lipinski definition) is 2. The molecule has 0 N–H and O–H groups in total. The van der Waals surface area contributed by atoms with E-state index in [0.717, 1.165) is 6.20 Å². The van der Waals surface area contributed by atoms with E-state index in [1.165, 1.54) is 0 Å². The standard InChI is InChI=1S/C16H8F11N3S/c17-15(18,19)10-5-9(6-11(7-10)16(20,21)22)14-8-30(29-28-14)12-1-3-13(4-2-12)31(23,24,25,26)27/h1-8H. The number of halogens is 11. The molecule has 0 radical (unpaired) electrons. The van der Waals surface area contributed by atoms with Gasteiger partial charge in [0.25, 0.3) is 0 Å². The number of hydrogen-bond donors (Lipinski definition) is 0. The van der Waals surface area contributed by atoms with E-state index in [1.54, 1.807) is 0 Å². The van der Waals surface area contributed by atoms with Crippen molar-refractivity contribution in [2.45, 2.75) is 17.2 Å². The highest BCUT2D eigenvalue weighted by Gasteiger charge is 2.65. The molecule has 0 aliphatic carbocycles. The van der Waals surface area contributed by atoms with Crippen molar-refractivity contribution in [2.24, 2.45) is 0 Å². The Balaban J connectivity index is 2.03. The van der Waals surface area contributed by atoms with Crippen LogP contribution in [0.1, 0.15) is 11.1 Å². The van der Waals surface area contributed by atoms with Crippen LogP contribution in [0, 0.1) is 0 Å². The van der Waals surface area contributed by atoms with Gasteiger partial charge in [-0.2, -0.15) is 26.3 Å². The van der Waals surface area contributed by atoms with E-state index in [9.17, 15) is 45.8 Å². The maximum Gasteiger partial charge on any atom is 0.416 e. The van der Waals surface area contributed by atoms with Crippen molar-refractivity contribution in [3.8, 4) is 16.9 Å². The largest absolute Gasteiger partial charge is 0.416 e. The van der Waals surface area contributed by atoms with Crippen molar-refractivity contribution < 1.29 is 45.8 Å². The van der Waals surface area contributed by atoms with Crippen LogP contribution in [0.2, 0.25) is 0 Å². The Bertz CT molecular complexity index is 1100. The molecule has 15 heteroatoms. The van der Waals surface area contributed by atoms with Crippen LogP contribution in [-0.4, -0.2) is 15.0 Å². The first kappa shape index (κ1) is 22.8. The van der Waals surface area contributed by atoms with Crippen LogP contribution in [0.5, 0.6) is 0 Å². The molecular formula is C16H8F11N3S. The monoisotopic (exact) mass is 483 g/mol. The van der Waals surface area contributed by atoms with E-state index in [1.807, 2.05) is 0 Å². The van der Waals surface area contributed by atoms with Crippen LogP contribution in [0.15, 0.2) is 53.6 Å². The molecule has 0 atom stereocenters. The minimum absolute atomic E-state index is 0.0737. The van der Waals surface area contributed by atoms with Crippen molar-refractivity contribution in [1.29, 1.82) is 0 Å². The molecule has 0 aliphatic rings. The molecule has 0 aliphatic heterocycles. The molecular weight excluding hydrogens is 475 g/mol. The van der Waals surface area contributed by atoms with Crippen molar-refractivity contribution in [2.75, 3.05) is 0 Å². The highest BCUT2D eigenvalue weighted by atomic mass is 32.5. The minimum Gasteiger partial charge on any atom is -0.220 e. The van der Waals surface area contributed by atoms with E-state index in [-0.39, 0.29) is 23.9 Å². The minimum atomic E-state index is -9.92. The molecule has 0 bridgehead atoms. The highest BCUT2D eigenvalue weighted by molar-refractivity contribution is 8.45. The smallest absolute Gasteiger partial charge is 0.220 e. The average Bonchev–Trinajstić information content (AvgIpc) is 3.08. The summed E-state index contributed by atoms with van der Waals surface area (Å²) in [5.74, 6) is 0. The summed E-state index contributed by atoms with van der Waals surface area (Å²) in [5, 5.41) is 6.84. The third-order valence-corrected chi connectivity index (χ3v) is 5.09. The third-order valence-electron chi connectivity index (χ3n) is 3.92. The zero-order valence-electron chi connectivity index (χ0n) is 14.5. The zero-order chi connectivity index (χ0) is 23.5. The lowest BCUT2D eigenvalue weighted by atomic mass is 10.0.